The summed E-state index contributed by atoms with van der Waals surface area (Å²) in [4.78, 5) is 34.3. The lowest BCUT2D eigenvalue weighted by Gasteiger charge is -2.12. The standard InChI is InChI=1S/C14H17NO4/c1-10(16)12(14(18)19-2)9-15-13(17)8-11-6-4-3-5-7-11/h3-7,12H,8-9H2,1-2H3,(H,15,17). The number of hydrogen-bond donors (Lipinski definition) is 1. The molecule has 1 rings (SSSR count). The van der Waals surface area contributed by atoms with Gasteiger partial charge in [-0.1, -0.05) is 30.3 Å². The molecule has 1 aromatic carbocycles. The van der Waals surface area contributed by atoms with Crippen LogP contribution in [0.15, 0.2) is 30.3 Å². The van der Waals surface area contributed by atoms with Crippen LogP contribution >= 0.6 is 0 Å². The topological polar surface area (TPSA) is 72.5 Å². The van der Waals surface area contributed by atoms with Crippen LogP contribution in [0, 0.1) is 5.92 Å². The lowest BCUT2D eigenvalue weighted by Crippen LogP contribution is -2.37. The second-order valence-electron chi connectivity index (χ2n) is 4.15. The summed E-state index contributed by atoms with van der Waals surface area (Å²) < 4.78 is 4.51. The molecule has 102 valence electrons. The number of ether oxygens (including phenoxy) is 1. The third-order valence-electron chi connectivity index (χ3n) is 2.69. The number of esters is 1. The van der Waals surface area contributed by atoms with E-state index >= 15 is 0 Å². The first-order chi connectivity index (χ1) is 9.04. The van der Waals surface area contributed by atoms with E-state index < -0.39 is 11.9 Å². The maximum atomic E-state index is 11.7. The van der Waals surface area contributed by atoms with Crippen LogP contribution in [-0.2, 0) is 25.5 Å². The molecule has 1 atom stereocenters. The second-order valence-corrected chi connectivity index (χ2v) is 4.15. The molecule has 0 aliphatic heterocycles. The number of carbonyl (C=O) groups excluding carboxylic acids is 3. The highest BCUT2D eigenvalue weighted by Crippen LogP contribution is 2.02. The molecule has 0 saturated heterocycles. The fourth-order valence-electron chi connectivity index (χ4n) is 1.59. The van der Waals surface area contributed by atoms with E-state index in [1.807, 2.05) is 30.3 Å². The average Bonchev–Trinajstić information content (AvgIpc) is 2.39. The van der Waals surface area contributed by atoms with Crippen molar-refractivity contribution < 1.29 is 19.1 Å². The Morgan fingerprint density at radius 3 is 2.37 bits per heavy atom. The lowest BCUT2D eigenvalue weighted by molar-refractivity contribution is -0.148. The zero-order chi connectivity index (χ0) is 14.3. The van der Waals surface area contributed by atoms with E-state index in [0.717, 1.165) is 5.56 Å². The summed E-state index contributed by atoms with van der Waals surface area (Å²) in [5.74, 6) is -2.13. The molecule has 0 saturated carbocycles. The van der Waals surface area contributed by atoms with E-state index in [0.29, 0.717) is 0 Å². The molecule has 1 amide bonds. The molecule has 0 aliphatic rings. The molecule has 0 aliphatic carbocycles. The van der Waals surface area contributed by atoms with Gasteiger partial charge in [-0.05, 0) is 12.5 Å². The molecule has 5 nitrogen and oxygen atoms in total. The van der Waals surface area contributed by atoms with Gasteiger partial charge in [0, 0.05) is 6.54 Å². The summed E-state index contributed by atoms with van der Waals surface area (Å²) in [7, 11) is 1.21. The molecule has 1 N–H and O–H groups in total. The summed E-state index contributed by atoms with van der Waals surface area (Å²) in [5.41, 5.74) is 0.873. The minimum atomic E-state index is -0.940. The van der Waals surface area contributed by atoms with E-state index in [2.05, 4.69) is 10.1 Å². The highest BCUT2D eigenvalue weighted by Gasteiger charge is 2.24. The number of methoxy groups -OCH3 is 1. The van der Waals surface area contributed by atoms with Gasteiger partial charge in [0.05, 0.1) is 13.5 Å². The number of Topliss-reactive ketones (excluding diaryl/α,β-unsaturated/α-hetero) is 1. The van der Waals surface area contributed by atoms with Gasteiger partial charge in [-0.15, -0.1) is 0 Å². The number of hydrogen-bond acceptors (Lipinski definition) is 4. The van der Waals surface area contributed by atoms with E-state index in [1.165, 1.54) is 14.0 Å². The Morgan fingerprint density at radius 1 is 1.21 bits per heavy atom. The van der Waals surface area contributed by atoms with E-state index in [-0.39, 0.29) is 24.7 Å². The zero-order valence-corrected chi connectivity index (χ0v) is 11.0. The average molecular weight is 263 g/mol. The second kappa shape index (κ2) is 7.31. The van der Waals surface area contributed by atoms with Crippen LogP contribution in [0.25, 0.3) is 0 Å². The minimum Gasteiger partial charge on any atom is -0.468 e. The van der Waals surface area contributed by atoms with Gasteiger partial charge in [-0.2, -0.15) is 0 Å². The number of ketones is 1. The Bertz CT molecular complexity index is 456. The van der Waals surface area contributed by atoms with Crippen LogP contribution in [-0.4, -0.2) is 31.3 Å². The summed E-state index contributed by atoms with van der Waals surface area (Å²) in [5, 5.41) is 2.57. The Hall–Kier alpha value is -2.17. The van der Waals surface area contributed by atoms with Gasteiger partial charge >= 0.3 is 5.97 Å². The van der Waals surface area contributed by atoms with Crippen molar-refractivity contribution in [2.75, 3.05) is 13.7 Å². The first-order valence-corrected chi connectivity index (χ1v) is 5.93. The normalized spacial score (nSPS) is 11.5. The van der Waals surface area contributed by atoms with Gasteiger partial charge in [0.2, 0.25) is 5.91 Å². The van der Waals surface area contributed by atoms with Crippen molar-refractivity contribution >= 4 is 17.7 Å². The van der Waals surface area contributed by atoms with Crippen molar-refractivity contribution in [1.29, 1.82) is 0 Å². The molecule has 0 bridgehead atoms. The molecule has 0 radical (unpaired) electrons. The van der Waals surface area contributed by atoms with Gasteiger partial charge in [-0.3, -0.25) is 14.4 Å². The number of benzene rings is 1. The van der Waals surface area contributed by atoms with Gasteiger partial charge in [0.25, 0.3) is 0 Å². The van der Waals surface area contributed by atoms with Crippen molar-refractivity contribution in [3.05, 3.63) is 35.9 Å². The predicted octanol–water partition coefficient (Wildman–Crippen LogP) is 0.723. The number of nitrogens with one attached hydrogen (secondary N) is 1. The molecule has 19 heavy (non-hydrogen) atoms. The monoisotopic (exact) mass is 263 g/mol. The van der Waals surface area contributed by atoms with Crippen molar-refractivity contribution in [3.63, 3.8) is 0 Å². The first-order valence-electron chi connectivity index (χ1n) is 5.93. The van der Waals surface area contributed by atoms with Gasteiger partial charge in [0.15, 0.2) is 0 Å². The fraction of sp³-hybridized carbons (Fsp3) is 0.357. The first kappa shape index (κ1) is 14.9. The Kier molecular flexibility index (Phi) is 5.73. The number of amides is 1. The summed E-state index contributed by atoms with van der Waals surface area (Å²) >= 11 is 0. The third-order valence-corrected chi connectivity index (χ3v) is 2.69. The van der Waals surface area contributed by atoms with E-state index in [4.69, 9.17) is 0 Å². The molecule has 0 heterocycles. The maximum Gasteiger partial charge on any atom is 0.318 e. The Morgan fingerprint density at radius 2 is 1.84 bits per heavy atom. The summed E-state index contributed by atoms with van der Waals surface area (Å²) in [6.45, 7) is 1.26. The van der Waals surface area contributed by atoms with Gasteiger partial charge < -0.3 is 10.1 Å². The molecule has 0 spiro atoms. The van der Waals surface area contributed by atoms with Crippen LogP contribution in [0.5, 0.6) is 0 Å². The van der Waals surface area contributed by atoms with Crippen LogP contribution in [0.1, 0.15) is 12.5 Å². The quantitative estimate of drug-likeness (QED) is 0.606. The van der Waals surface area contributed by atoms with Crippen LogP contribution in [0.2, 0.25) is 0 Å². The van der Waals surface area contributed by atoms with Crippen LogP contribution in [0.3, 0.4) is 0 Å². The van der Waals surface area contributed by atoms with Crippen molar-refractivity contribution in [2.45, 2.75) is 13.3 Å². The summed E-state index contributed by atoms with van der Waals surface area (Å²) in [6, 6.07) is 9.22. The highest BCUT2D eigenvalue weighted by molar-refractivity contribution is 5.98. The van der Waals surface area contributed by atoms with Crippen LogP contribution in [0.4, 0.5) is 0 Å². The van der Waals surface area contributed by atoms with E-state index in [1.54, 1.807) is 0 Å². The largest absolute Gasteiger partial charge is 0.468 e. The molecule has 5 heteroatoms. The predicted molar refractivity (Wildman–Crippen MR) is 69.3 cm³/mol. The Balaban J connectivity index is 2.49. The molecule has 0 fully saturated rings. The Labute approximate surface area is 111 Å². The minimum absolute atomic E-state index is 0.0341. The van der Waals surface area contributed by atoms with Gasteiger partial charge in [0.1, 0.15) is 11.7 Å². The smallest absolute Gasteiger partial charge is 0.318 e. The van der Waals surface area contributed by atoms with Crippen molar-refractivity contribution in [1.82, 2.24) is 5.32 Å². The maximum absolute atomic E-state index is 11.7. The molecular weight excluding hydrogens is 246 g/mol. The fourth-order valence-corrected chi connectivity index (χ4v) is 1.59. The SMILES string of the molecule is COC(=O)C(CNC(=O)Cc1ccccc1)C(C)=O. The number of rotatable bonds is 6. The zero-order valence-electron chi connectivity index (χ0n) is 11.0. The molecule has 0 aromatic heterocycles. The summed E-state index contributed by atoms with van der Waals surface area (Å²) in [6.07, 6.45) is 0.215. The van der Waals surface area contributed by atoms with Crippen molar-refractivity contribution in [2.24, 2.45) is 5.92 Å². The molecule has 1 aromatic rings. The highest BCUT2D eigenvalue weighted by atomic mass is 16.5. The van der Waals surface area contributed by atoms with E-state index in [9.17, 15) is 14.4 Å². The van der Waals surface area contributed by atoms with Crippen molar-refractivity contribution in [3.8, 4) is 0 Å². The lowest BCUT2D eigenvalue weighted by atomic mass is 10.1. The van der Waals surface area contributed by atoms with Gasteiger partial charge in [-0.25, -0.2) is 0 Å². The molecule has 1 unspecified atom stereocenters. The van der Waals surface area contributed by atoms with Crippen LogP contribution < -0.4 is 5.32 Å². The number of carbonyl (C=O) groups is 3. The molecular formula is C14H17NO4. The third kappa shape index (κ3) is 4.91.